The van der Waals surface area contributed by atoms with Crippen LogP contribution in [0.3, 0.4) is 0 Å². The Hall–Kier alpha value is -1.94. The van der Waals surface area contributed by atoms with E-state index in [0.29, 0.717) is 12.0 Å². The summed E-state index contributed by atoms with van der Waals surface area (Å²) in [4.78, 5) is 25.7. The Kier molecular flexibility index (Phi) is 4.36. The maximum atomic E-state index is 13.0. The van der Waals surface area contributed by atoms with E-state index in [1.54, 1.807) is 13.0 Å². The number of carbonyl (C=O) groups is 2. The molecular formula is C21H21BrO3. The summed E-state index contributed by atoms with van der Waals surface area (Å²) in [6, 6.07) is 3.78. The zero-order valence-electron chi connectivity index (χ0n) is 14.6. The number of aryl methyl sites for hydroxylation is 2. The molecule has 3 unspecified atom stereocenters. The molecule has 25 heavy (non-hydrogen) atoms. The number of halogens is 1. The Labute approximate surface area is 156 Å². The van der Waals surface area contributed by atoms with Crippen molar-refractivity contribution in [2.75, 3.05) is 0 Å². The molecule has 0 saturated carbocycles. The van der Waals surface area contributed by atoms with Crippen molar-refractivity contribution in [3.8, 4) is 5.75 Å². The minimum atomic E-state index is -1.02. The minimum Gasteiger partial charge on any atom is -0.507 e. The summed E-state index contributed by atoms with van der Waals surface area (Å²) in [6.07, 6.45) is 5.72. The average Bonchev–Trinajstić information content (AvgIpc) is 2.56. The first-order valence-corrected chi connectivity index (χ1v) is 9.09. The third kappa shape index (κ3) is 2.54. The van der Waals surface area contributed by atoms with Gasteiger partial charge >= 0.3 is 0 Å². The van der Waals surface area contributed by atoms with Crippen molar-refractivity contribution < 1.29 is 14.7 Å². The molecule has 130 valence electrons. The largest absolute Gasteiger partial charge is 0.507 e. The van der Waals surface area contributed by atoms with E-state index >= 15 is 0 Å². The van der Waals surface area contributed by atoms with E-state index in [9.17, 15) is 14.7 Å². The molecule has 0 fully saturated rings. The molecular weight excluding hydrogens is 380 g/mol. The fourth-order valence-corrected chi connectivity index (χ4v) is 5.08. The van der Waals surface area contributed by atoms with Crippen LogP contribution >= 0.6 is 15.9 Å². The second kappa shape index (κ2) is 6.10. The molecule has 3 nitrogen and oxygen atoms in total. The molecule has 1 aromatic carbocycles. The molecule has 0 heterocycles. The number of phenolic OH excluding ortho intramolecular Hbond substituents is 1. The summed E-state index contributed by atoms with van der Waals surface area (Å²) in [5.74, 6) is -0.593. The standard InChI is InChI=1S/C21H21BrO3/c1-5-14-6-7-16-20(25)13(4)10-17(23)21(16,22)18(14)15-8-11(2)19(24)12(3)9-15/h5-6,8-10,16,18,24H,1,7H2,2-4H3. The van der Waals surface area contributed by atoms with Crippen molar-refractivity contribution in [2.24, 2.45) is 5.92 Å². The lowest BCUT2D eigenvalue weighted by molar-refractivity contribution is -0.128. The van der Waals surface area contributed by atoms with Gasteiger partial charge in [-0.3, -0.25) is 9.59 Å². The first-order valence-electron chi connectivity index (χ1n) is 8.30. The monoisotopic (exact) mass is 400 g/mol. The van der Waals surface area contributed by atoms with Gasteiger partial charge < -0.3 is 5.11 Å². The van der Waals surface area contributed by atoms with Gasteiger partial charge in [-0.15, -0.1) is 0 Å². The quantitative estimate of drug-likeness (QED) is 0.745. The van der Waals surface area contributed by atoms with Crippen molar-refractivity contribution >= 4 is 27.5 Å². The summed E-state index contributed by atoms with van der Waals surface area (Å²) >= 11 is 3.69. The predicted molar refractivity (Wildman–Crippen MR) is 102 cm³/mol. The fraction of sp³-hybridized carbons (Fsp3) is 0.333. The van der Waals surface area contributed by atoms with E-state index in [0.717, 1.165) is 22.3 Å². The molecule has 1 aromatic rings. The number of alkyl halides is 1. The molecule has 3 atom stereocenters. The van der Waals surface area contributed by atoms with Crippen LogP contribution in [0, 0.1) is 19.8 Å². The number of phenols is 1. The molecule has 2 aliphatic carbocycles. The van der Waals surface area contributed by atoms with E-state index in [4.69, 9.17) is 0 Å². The first-order chi connectivity index (χ1) is 11.7. The van der Waals surface area contributed by atoms with E-state index in [1.165, 1.54) is 6.08 Å². The average molecular weight is 401 g/mol. The van der Waals surface area contributed by atoms with Crippen LogP contribution in [0.15, 0.2) is 48.1 Å². The maximum absolute atomic E-state index is 13.0. The SMILES string of the molecule is C=CC1=CCC2C(=O)C(C)=CC(=O)C2(Br)C1c1cc(C)c(O)c(C)c1. The van der Waals surface area contributed by atoms with E-state index in [1.807, 2.05) is 32.1 Å². The lowest BCUT2D eigenvalue weighted by Crippen LogP contribution is -2.52. The Morgan fingerprint density at radius 3 is 2.40 bits per heavy atom. The van der Waals surface area contributed by atoms with Gasteiger partial charge in [-0.25, -0.2) is 0 Å². The van der Waals surface area contributed by atoms with Gasteiger partial charge in [0.25, 0.3) is 0 Å². The molecule has 0 spiro atoms. The van der Waals surface area contributed by atoms with E-state index < -0.39 is 10.2 Å². The zero-order chi connectivity index (χ0) is 18.5. The number of Topliss-reactive ketones (excluding diaryl/α,β-unsaturated/α-hetero) is 1. The normalized spacial score (nSPS) is 29.0. The number of aromatic hydroxyl groups is 1. The highest BCUT2D eigenvalue weighted by atomic mass is 79.9. The fourth-order valence-electron chi connectivity index (χ4n) is 4.04. The van der Waals surface area contributed by atoms with Gasteiger partial charge in [0.1, 0.15) is 10.1 Å². The van der Waals surface area contributed by atoms with Crippen LogP contribution in [0.25, 0.3) is 0 Å². The van der Waals surface area contributed by atoms with Crippen molar-refractivity contribution in [1.29, 1.82) is 0 Å². The smallest absolute Gasteiger partial charge is 0.174 e. The van der Waals surface area contributed by atoms with Crippen LogP contribution in [-0.4, -0.2) is 21.0 Å². The van der Waals surface area contributed by atoms with Crippen LogP contribution in [0.2, 0.25) is 0 Å². The summed E-state index contributed by atoms with van der Waals surface area (Å²) < 4.78 is -1.02. The van der Waals surface area contributed by atoms with Gasteiger partial charge in [-0.1, -0.05) is 46.8 Å². The first kappa shape index (κ1) is 17.9. The third-order valence-electron chi connectivity index (χ3n) is 5.36. The van der Waals surface area contributed by atoms with Crippen LogP contribution in [-0.2, 0) is 9.59 Å². The number of benzene rings is 1. The summed E-state index contributed by atoms with van der Waals surface area (Å²) in [5, 5.41) is 10.1. The van der Waals surface area contributed by atoms with Crippen LogP contribution < -0.4 is 0 Å². The molecule has 1 N–H and O–H groups in total. The lowest BCUT2D eigenvalue weighted by atomic mass is 9.62. The predicted octanol–water partition coefficient (Wildman–Crippen LogP) is 4.46. The van der Waals surface area contributed by atoms with Crippen LogP contribution in [0.1, 0.15) is 36.0 Å². The number of hydrogen-bond donors (Lipinski definition) is 1. The van der Waals surface area contributed by atoms with E-state index in [-0.39, 0.29) is 23.2 Å². The van der Waals surface area contributed by atoms with Crippen LogP contribution in [0.4, 0.5) is 0 Å². The van der Waals surface area contributed by atoms with Crippen molar-refractivity contribution in [3.63, 3.8) is 0 Å². The molecule has 4 heteroatoms. The van der Waals surface area contributed by atoms with Crippen molar-refractivity contribution in [3.05, 3.63) is 64.8 Å². The molecule has 0 amide bonds. The van der Waals surface area contributed by atoms with E-state index in [2.05, 4.69) is 22.5 Å². The van der Waals surface area contributed by atoms with Gasteiger partial charge in [0.05, 0.1) is 0 Å². The number of fused-ring (bicyclic) bond motifs is 1. The summed E-state index contributed by atoms with van der Waals surface area (Å²) in [5.41, 5.74) is 3.83. The number of allylic oxidation sites excluding steroid dienone is 5. The third-order valence-corrected chi connectivity index (χ3v) is 6.76. The molecule has 0 bridgehead atoms. The second-order valence-corrected chi connectivity index (χ2v) is 8.27. The number of hydrogen-bond acceptors (Lipinski definition) is 3. The Bertz CT molecular complexity index is 839. The Morgan fingerprint density at radius 1 is 1.24 bits per heavy atom. The van der Waals surface area contributed by atoms with Crippen molar-refractivity contribution in [2.45, 2.75) is 37.4 Å². The van der Waals surface area contributed by atoms with Gasteiger partial charge in [0.2, 0.25) is 0 Å². The summed E-state index contributed by atoms with van der Waals surface area (Å²) in [7, 11) is 0. The topological polar surface area (TPSA) is 54.4 Å². The highest BCUT2D eigenvalue weighted by Gasteiger charge is 2.56. The van der Waals surface area contributed by atoms with Gasteiger partial charge in [-0.05, 0) is 61.1 Å². The lowest BCUT2D eigenvalue weighted by Gasteiger charge is -2.45. The molecule has 3 rings (SSSR count). The molecule has 0 aliphatic heterocycles. The number of carbonyl (C=O) groups excluding carboxylic acids is 2. The molecule has 2 aliphatic rings. The molecule has 0 aromatic heterocycles. The molecule has 0 radical (unpaired) electrons. The zero-order valence-corrected chi connectivity index (χ0v) is 16.2. The Morgan fingerprint density at radius 2 is 1.84 bits per heavy atom. The molecule has 0 saturated heterocycles. The highest BCUT2D eigenvalue weighted by Crippen LogP contribution is 2.54. The van der Waals surface area contributed by atoms with Crippen LogP contribution in [0.5, 0.6) is 5.75 Å². The summed E-state index contributed by atoms with van der Waals surface area (Å²) in [6.45, 7) is 9.27. The van der Waals surface area contributed by atoms with Gasteiger partial charge in [-0.2, -0.15) is 0 Å². The Balaban J connectivity index is 2.26. The number of ketones is 2. The van der Waals surface area contributed by atoms with Crippen molar-refractivity contribution in [1.82, 2.24) is 0 Å². The minimum absolute atomic E-state index is 0.00746. The maximum Gasteiger partial charge on any atom is 0.174 e. The van der Waals surface area contributed by atoms with Gasteiger partial charge in [0.15, 0.2) is 11.6 Å². The number of rotatable bonds is 2. The van der Waals surface area contributed by atoms with Gasteiger partial charge in [0, 0.05) is 11.8 Å². The second-order valence-electron chi connectivity index (χ2n) is 6.96. The highest BCUT2D eigenvalue weighted by molar-refractivity contribution is 9.10.